The summed E-state index contributed by atoms with van der Waals surface area (Å²) in [5.74, 6) is 1.02. The predicted octanol–water partition coefficient (Wildman–Crippen LogP) is 2.92. The highest BCUT2D eigenvalue weighted by molar-refractivity contribution is 5.91. The Morgan fingerprint density at radius 3 is 2.34 bits per heavy atom. The summed E-state index contributed by atoms with van der Waals surface area (Å²) in [7, 11) is 1.88. The zero-order valence-electron chi connectivity index (χ0n) is 17.3. The molecule has 3 aromatic rings. The van der Waals surface area contributed by atoms with Crippen LogP contribution in [-0.2, 0) is 4.79 Å². The average molecular weight is 394 g/mol. The van der Waals surface area contributed by atoms with Gasteiger partial charge in [-0.3, -0.25) is 9.69 Å². The molecule has 0 spiro atoms. The van der Waals surface area contributed by atoms with E-state index in [0.29, 0.717) is 11.8 Å². The van der Waals surface area contributed by atoms with E-state index in [9.17, 15) is 9.90 Å². The minimum Gasteiger partial charge on any atom is -0.508 e. The van der Waals surface area contributed by atoms with E-state index in [2.05, 4.69) is 20.4 Å². The van der Waals surface area contributed by atoms with Crippen molar-refractivity contribution < 1.29 is 9.90 Å². The maximum atomic E-state index is 12.7. The highest BCUT2D eigenvalue weighted by atomic mass is 16.3. The summed E-state index contributed by atoms with van der Waals surface area (Å²) in [6.45, 7) is 7.85. The van der Waals surface area contributed by atoms with Gasteiger partial charge in [0.05, 0.1) is 12.2 Å². The Bertz CT molecular complexity index is 992. The standard InChI is InChI=1S/C21H26N6O2/c1-13-10-14(2)23-21(22-13)27-19(11-15(3)25-27)24-20(29)12-26(5)16(4)17-6-8-18(28)9-7-17/h6-11,16,28H,12H2,1-5H3,(H,24,29). The molecule has 0 aliphatic rings. The second-order valence-corrected chi connectivity index (χ2v) is 7.26. The number of aromatic hydroxyl groups is 1. The molecule has 3 rings (SSSR count). The lowest BCUT2D eigenvalue weighted by Gasteiger charge is -2.24. The number of rotatable bonds is 6. The monoisotopic (exact) mass is 394 g/mol. The van der Waals surface area contributed by atoms with Crippen molar-refractivity contribution in [2.45, 2.75) is 33.7 Å². The SMILES string of the molecule is Cc1cc(C)nc(-n2nc(C)cc2NC(=O)CN(C)C(C)c2ccc(O)cc2)n1. The van der Waals surface area contributed by atoms with Crippen LogP contribution in [0.2, 0.25) is 0 Å². The lowest BCUT2D eigenvalue weighted by molar-refractivity contribution is -0.117. The molecule has 2 N–H and O–H groups in total. The number of carbonyl (C=O) groups is 1. The molecule has 0 fully saturated rings. The van der Waals surface area contributed by atoms with Crippen LogP contribution in [0.25, 0.3) is 5.95 Å². The molecule has 0 saturated carbocycles. The van der Waals surface area contributed by atoms with Gasteiger partial charge in [-0.05, 0) is 58.5 Å². The zero-order chi connectivity index (χ0) is 21.1. The van der Waals surface area contributed by atoms with Crippen LogP contribution in [0.3, 0.4) is 0 Å². The number of amides is 1. The quantitative estimate of drug-likeness (QED) is 0.667. The fraction of sp³-hybridized carbons (Fsp3) is 0.333. The van der Waals surface area contributed by atoms with Crippen molar-refractivity contribution in [1.82, 2.24) is 24.6 Å². The van der Waals surface area contributed by atoms with Crippen molar-refractivity contribution in [2.24, 2.45) is 0 Å². The molecule has 1 atom stereocenters. The number of nitrogens with one attached hydrogen (secondary N) is 1. The van der Waals surface area contributed by atoms with Gasteiger partial charge in [-0.1, -0.05) is 12.1 Å². The maximum absolute atomic E-state index is 12.7. The van der Waals surface area contributed by atoms with E-state index < -0.39 is 0 Å². The highest BCUT2D eigenvalue weighted by Gasteiger charge is 2.18. The van der Waals surface area contributed by atoms with Gasteiger partial charge in [0, 0.05) is 23.5 Å². The number of hydrogen-bond acceptors (Lipinski definition) is 6. The summed E-state index contributed by atoms with van der Waals surface area (Å²) < 4.78 is 1.55. The van der Waals surface area contributed by atoms with E-state index in [-0.39, 0.29) is 24.2 Å². The molecule has 1 aromatic carbocycles. The van der Waals surface area contributed by atoms with Crippen LogP contribution in [0.15, 0.2) is 36.4 Å². The Morgan fingerprint density at radius 1 is 1.10 bits per heavy atom. The number of aromatic nitrogens is 4. The van der Waals surface area contributed by atoms with Gasteiger partial charge in [-0.25, -0.2) is 9.97 Å². The van der Waals surface area contributed by atoms with Crippen molar-refractivity contribution in [1.29, 1.82) is 0 Å². The van der Waals surface area contributed by atoms with Crippen LogP contribution in [0, 0.1) is 20.8 Å². The summed E-state index contributed by atoms with van der Waals surface area (Å²) in [5.41, 5.74) is 3.44. The number of aryl methyl sites for hydroxylation is 3. The van der Waals surface area contributed by atoms with E-state index >= 15 is 0 Å². The first-order valence-electron chi connectivity index (χ1n) is 9.41. The van der Waals surface area contributed by atoms with Crippen molar-refractivity contribution in [3.8, 4) is 11.7 Å². The Kier molecular flexibility index (Phi) is 5.93. The van der Waals surface area contributed by atoms with Crippen LogP contribution >= 0.6 is 0 Å². The fourth-order valence-electron chi connectivity index (χ4n) is 3.10. The number of benzene rings is 1. The Labute approximate surface area is 170 Å². The van der Waals surface area contributed by atoms with Crippen molar-refractivity contribution in [3.05, 3.63) is 59.0 Å². The molecule has 1 amide bonds. The Balaban J connectivity index is 1.73. The molecule has 0 bridgehead atoms. The summed E-state index contributed by atoms with van der Waals surface area (Å²) in [6.07, 6.45) is 0. The third kappa shape index (κ3) is 4.97. The van der Waals surface area contributed by atoms with Crippen LogP contribution in [0.5, 0.6) is 5.75 Å². The lowest BCUT2D eigenvalue weighted by atomic mass is 10.1. The molecule has 152 valence electrons. The Morgan fingerprint density at radius 2 is 1.72 bits per heavy atom. The van der Waals surface area contributed by atoms with Gasteiger partial charge in [0.15, 0.2) is 0 Å². The number of phenolic OH excluding ortho intramolecular Hbond substituents is 1. The van der Waals surface area contributed by atoms with E-state index in [4.69, 9.17) is 0 Å². The van der Waals surface area contributed by atoms with Gasteiger partial charge in [0.25, 0.3) is 5.95 Å². The molecule has 8 heteroatoms. The second-order valence-electron chi connectivity index (χ2n) is 7.26. The fourth-order valence-corrected chi connectivity index (χ4v) is 3.10. The molecule has 0 saturated heterocycles. The van der Waals surface area contributed by atoms with Gasteiger partial charge in [-0.2, -0.15) is 9.78 Å². The molecule has 1 unspecified atom stereocenters. The molecule has 0 radical (unpaired) electrons. The molecule has 8 nitrogen and oxygen atoms in total. The van der Waals surface area contributed by atoms with E-state index in [1.165, 1.54) is 0 Å². The third-order valence-electron chi connectivity index (χ3n) is 4.69. The topological polar surface area (TPSA) is 96.2 Å². The van der Waals surface area contributed by atoms with E-state index in [1.54, 1.807) is 22.9 Å². The van der Waals surface area contributed by atoms with Crippen LogP contribution in [0.1, 0.15) is 35.6 Å². The summed E-state index contributed by atoms with van der Waals surface area (Å²) in [6, 6.07) is 10.7. The number of carbonyl (C=O) groups excluding carboxylic acids is 1. The first kappa shape index (κ1) is 20.5. The average Bonchev–Trinajstić information content (AvgIpc) is 3.01. The molecule has 29 heavy (non-hydrogen) atoms. The van der Waals surface area contributed by atoms with Gasteiger partial charge in [0.1, 0.15) is 11.6 Å². The maximum Gasteiger partial charge on any atom is 0.252 e. The molecule has 2 heterocycles. The largest absolute Gasteiger partial charge is 0.508 e. The molecule has 2 aromatic heterocycles. The van der Waals surface area contributed by atoms with Gasteiger partial charge >= 0.3 is 0 Å². The molecule has 0 aliphatic heterocycles. The van der Waals surface area contributed by atoms with E-state index in [0.717, 1.165) is 22.6 Å². The first-order chi connectivity index (χ1) is 13.7. The summed E-state index contributed by atoms with van der Waals surface area (Å²) in [5, 5.41) is 16.8. The zero-order valence-corrected chi connectivity index (χ0v) is 17.3. The first-order valence-corrected chi connectivity index (χ1v) is 9.41. The normalized spacial score (nSPS) is 12.2. The predicted molar refractivity (Wildman–Crippen MR) is 111 cm³/mol. The molecule has 0 aliphatic carbocycles. The summed E-state index contributed by atoms with van der Waals surface area (Å²) in [4.78, 5) is 23.5. The van der Waals surface area contributed by atoms with Gasteiger partial charge < -0.3 is 10.4 Å². The highest BCUT2D eigenvalue weighted by Crippen LogP contribution is 2.21. The van der Waals surface area contributed by atoms with Crippen molar-refractivity contribution >= 4 is 11.7 Å². The molecular formula is C21H26N6O2. The van der Waals surface area contributed by atoms with Crippen molar-refractivity contribution in [2.75, 3.05) is 18.9 Å². The number of phenols is 1. The number of nitrogens with zero attached hydrogens (tertiary/aromatic N) is 5. The summed E-state index contributed by atoms with van der Waals surface area (Å²) >= 11 is 0. The van der Waals surface area contributed by atoms with Gasteiger partial charge in [-0.15, -0.1) is 0 Å². The van der Waals surface area contributed by atoms with Crippen LogP contribution in [0.4, 0.5) is 5.82 Å². The minimum atomic E-state index is -0.163. The molecular weight excluding hydrogens is 368 g/mol. The number of anilines is 1. The van der Waals surface area contributed by atoms with Gasteiger partial charge in [0.2, 0.25) is 5.91 Å². The second kappa shape index (κ2) is 8.40. The lowest BCUT2D eigenvalue weighted by Crippen LogP contribution is -2.32. The number of likely N-dealkylation sites (N-methyl/N-ethyl adjacent to an activating group) is 1. The minimum absolute atomic E-state index is 0.00996. The third-order valence-corrected chi connectivity index (χ3v) is 4.69. The smallest absolute Gasteiger partial charge is 0.252 e. The Hall–Kier alpha value is -3.26. The van der Waals surface area contributed by atoms with Crippen molar-refractivity contribution in [3.63, 3.8) is 0 Å². The van der Waals surface area contributed by atoms with E-state index in [1.807, 2.05) is 57.8 Å². The van der Waals surface area contributed by atoms with Crippen LogP contribution in [-0.4, -0.2) is 49.3 Å². The number of hydrogen-bond donors (Lipinski definition) is 2. The van der Waals surface area contributed by atoms with Crippen LogP contribution < -0.4 is 5.32 Å².